The number of nitrogens with zero attached hydrogens (tertiary/aromatic N) is 3. The zero-order chi connectivity index (χ0) is 14.6. The van der Waals surface area contributed by atoms with E-state index in [0.717, 1.165) is 5.82 Å². The monoisotopic (exact) mass is 265 g/mol. The van der Waals surface area contributed by atoms with Crippen LogP contribution in [0.1, 0.15) is 40.4 Å². The molecule has 0 aliphatic carbocycles. The van der Waals surface area contributed by atoms with Gasteiger partial charge in [-0.3, -0.25) is 14.5 Å². The van der Waals surface area contributed by atoms with Crippen molar-refractivity contribution in [3.05, 3.63) is 18.2 Å². The van der Waals surface area contributed by atoms with Gasteiger partial charge in [-0.2, -0.15) is 0 Å². The molecule has 0 spiro atoms. The van der Waals surface area contributed by atoms with Crippen LogP contribution in [-0.4, -0.2) is 38.1 Å². The Hall–Kier alpha value is -1.49. The highest BCUT2D eigenvalue weighted by molar-refractivity contribution is 5.77. The Morgan fingerprint density at radius 3 is 2.37 bits per heavy atom. The molecule has 0 amide bonds. The zero-order valence-electron chi connectivity index (χ0n) is 12.4. The van der Waals surface area contributed by atoms with E-state index >= 15 is 0 Å². The molecule has 1 aromatic rings. The van der Waals surface area contributed by atoms with E-state index in [0.29, 0.717) is 19.6 Å². The third-order valence-corrected chi connectivity index (χ3v) is 2.89. The van der Waals surface area contributed by atoms with E-state index < -0.39 is 0 Å². The van der Waals surface area contributed by atoms with Gasteiger partial charge in [0.25, 0.3) is 0 Å². The van der Waals surface area contributed by atoms with Gasteiger partial charge in [0.05, 0.1) is 19.6 Å². The van der Waals surface area contributed by atoms with Gasteiger partial charge >= 0.3 is 0 Å². The number of hydrogen-bond acceptors (Lipinski definition) is 4. The zero-order valence-corrected chi connectivity index (χ0v) is 12.4. The van der Waals surface area contributed by atoms with Crippen molar-refractivity contribution in [2.45, 2.75) is 53.2 Å². The Bertz CT molecular complexity index is 458. The molecule has 0 saturated heterocycles. The quantitative estimate of drug-likeness (QED) is 0.785. The number of ketones is 2. The summed E-state index contributed by atoms with van der Waals surface area (Å²) in [6, 6.07) is 0. The van der Waals surface area contributed by atoms with Crippen LogP contribution in [0, 0.1) is 0 Å². The largest absolute Gasteiger partial charge is 0.326 e. The van der Waals surface area contributed by atoms with E-state index in [9.17, 15) is 9.59 Å². The first kappa shape index (κ1) is 15.6. The van der Waals surface area contributed by atoms with Crippen molar-refractivity contribution < 1.29 is 9.59 Å². The molecule has 0 fully saturated rings. The van der Waals surface area contributed by atoms with Crippen LogP contribution in [-0.2, 0) is 22.7 Å². The van der Waals surface area contributed by atoms with Crippen LogP contribution in [0.3, 0.4) is 0 Å². The molecule has 0 saturated carbocycles. The van der Waals surface area contributed by atoms with E-state index in [1.807, 2.05) is 4.57 Å². The fraction of sp³-hybridized carbons (Fsp3) is 0.643. The van der Waals surface area contributed by atoms with Crippen LogP contribution < -0.4 is 0 Å². The lowest BCUT2D eigenvalue weighted by Crippen LogP contribution is -2.44. The van der Waals surface area contributed by atoms with Gasteiger partial charge in [-0.15, -0.1) is 0 Å². The summed E-state index contributed by atoms with van der Waals surface area (Å²) in [6.07, 6.45) is 3.48. The van der Waals surface area contributed by atoms with Gasteiger partial charge in [-0.1, -0.05) is 0 Å². The van der Waals surface area contributed by atoms with Crippen LogP contribution in [0.4, 0.5) is 0 Å². The molecule has 1 heterocycles. The van der Waals surface area contributed by atoms with Crippen molar-refractivity contribution in [2.75, 3.05) is 6.54 Å². The minimum Gasteiger partial charge on any atom is -0.326 e. The van der Waals surface area contributed by atoms with Crippen molar-refractivity contribution in [3.8, 4) is 0 Å². The number of rotatable bonds is 6. The molecule has 0 aliphatic heterocycles. The molecular weight excluding hydrogens is 242 g/mol. The fourth-order valence-corrected chi connectivity index (χ4v) is 1.85. The highest BCUT2D eigenvalue weighted by Crippen LogP contribution is 2.16. The molecule has 5 nitrogen and oxygen atoms in total. The van der Waals surface area contributed by atoms with E-state index in [2.05, 4.69) is 30.7 Å². The fourth-order valence-electron chi connectivity index (χ4n) is 1.85. The normalized spacial score (nSPS) is 11.9. The SMILES string of the molecule is CC(=O)CN(Cc1nccn1CC(C)=O)C(C)(C)C. The number of carbonyl (C=O) groups is 2. The summed E-state index contributed by atoms with van der Waals surface area (Å²) < 4.78 is 1.83. The van der Waals surface area contributed by atoms with E-state index in [4.69, 9.17) is 0 Å². The maximum atomic E-state index is 11.4. The third-order valence-electron chi connectivity index (χ3n) is 2.89. The van der Waals surface area contributed by atoms with Crippen LogP contribution >= 0.6 is 0 Å². The van der Waals surface area contributed by atoms with Crippen molar-refractivity contribution in [1.82, 2.24) is 14.5 Å². The summed E-state index contributed by atoms with van der Waals surface area (Å²) in [4.78, 5) is 28.9. The van der Waals surface area contributed by atoms with Gasteiger partial charge < -0.3 is 4.57 Å². The Kier molecular flexibility index (Phi) is 5.00. The van der Waals surface area contributed by atoms with Crippen molar-refractivity contribution in [1.29, 1.82) is 0 Å². The average molecular weight is 265 g/mol. The summed E-state index contributed by atoms with van der Waals surface area (Å²) in [5.41, 5.74) is -0.126. The first-order valence-electron chi connectivity index (χ1n) is 6.44. The second kappa shape index (κ2) is 6.10. The average Bonchev–Trinajstić information content (AvgIpc) is 2.61. The van der Waals surface area contributed by atoms with Gasteiger partial charge in [0.2, 0.25) is 0 Å². The highest BCUT2D eigenvalue weighted by atomic mass is 16.1. The van der Waals surface area contributed by atoms with Gasteiger partial charge in [0, 0.05) is 17.9 Å². The number of aromatic nitrogens is 2. The van der Waals surface area contributed by atoms with Crippen LogP contribution in [0.15, 0.2) is 12.4 Å². The topological polar surface area (TPSA) is 55.2 Å². The molecular formula is C14H23N3O2. The van der Waals surface area contributed by atoms with Crippen molar-refractivity contribution >= 4 is 11.6 Å². The van der Waals surface area contributed by atoms with Crippen molar-refractivity contribution in [2.24, 2.45) is 0 Å². The second-order valence-corrected chi connectivity index (χ2v) is 5.90. The lowest BCUT2D eigenvalue weighted by molar-refractivity contribution is -0.120. The van der Waals surface area contributed by atoms with Gasteiger partial charge in [0.15, 0.2) is 0 Å². The Morgan fingerprint density at radius 2 is 1.89 bits per heavy atom. The molecule has 1 aromatic heterocycles. The van der Waals surface area contributed by atoms with E-state index in [1.54, 1.807) is 26.2 Å². The Balaban J connectivity index is 2.87. The standard InChI is InChI=1S/C14H23N3O2/c1-11(18)8-16-7-6-15-13(16)10-17(9-12(2)19)14(3,4)5/h6-7H,8-10H2,1-5H3. The molecule has 0 atom stereocenters. The molecule has 0 unspecified atom stereocenters. The first-order chi connectivity index (χ1) is 8.70. The molecule has 106 valence electrons. The number of carbonyl (C=O) groups excluding carboxylic acids is 2. The molecule has 19 heavy (non-hydrogen) atoms. The summed E-state index contributed by atoms with van der Waals surface area (Å²) in [7, 11) is 0. The lowest BCUT2D eigenvalue weighted by atomic mass is 10.1. The summed E-state index contributed by atoms with van der Waals surface area (Å²) >= 11 is 0. The smallest absolute Gasteiger partial charge is 0.149 e. The minimum absolute atomic E-state index is 0.0909. The molecule has 0 aromatic carbocycles. The highest BCUT2D eigenvalue weighted by Gasteiger charge is 2.24. The third kappa shape index (κ3) is 4.95. The Labute approximate surface area is 114 Å². The summed E-state index contributed by atoms with van der Waals surface area (Å²) in [5, 5.41) is 0. The molecule has 0 N–H and O–H groups in total. The number of imidazole rings is 1. The van der Waals surface area contributed by atoms with Crippen LogP contribution in [0.2, 0.25) is 0 Å². The summed E-state index contributed by atoms with van der Waals surface area (Å²) in [6.45, 7) is 10.6. The molecule has 5 heteroatoms. The Morgan fingerprint density at radius 1 is 1.26 bits per heavy atom. The number of hydrogen-bond donors (Lipinski definition) is 0. The maximum absolute atomic E-state index is 11.4. The molecule has 0 radical (unpaired) electrons. The first-order valence-corrected chi connectivity index (χ1v) is 6.44. The second-order valence-electron chi connectivity index (χ2n) is 5.90. The summed E-state index contributed by atoms with van der Waals surface area (Å²) in [5.74, 6) is 1.03. The molecule has 0 bridgehead atoms. The predicted octanol–water partition coefficient (Wildman–Crippen LogP) is 1.66. The lowest BCUT2D eigenvalue weighted by Gasteiger charge is -2.34. The van der Waals surface area contributed by atoms with Gasteiger partial charge in [0.1, 0.15) is 17.4 Å². The van der Waals surface area contributed by atoms with E-state index in [1.165, 1.54) is 0 Å². The van der Waals surface area contributed by atoms with Gasteiger partial charge in [-0.25, -0.2) is 4.98 Å². The maximum Gasteiger partial charge on any atom is 0.149 e. The van der Waals surface area contributed by atoms with Crippen molar-refractivity contribution in [3.63, 3.8) is 0 Å². The molecule has 1 rings (SSSR count). The minimum atomic E-state index is -0.126. The van der Waals surface area contributed by atoms with Crippen LogP contribution in [0.5, 0.6) is 0 Å². The molecule has 0 aliphatic rings. The number of Topliss-reactive ketones (excluding diaryl/α,β-unsaturated/α-hetero) is 2. The van der Waals surface area contributed by atoms with Gasteiger partial charge in [-0.05, 0) is 34.6 Å². The predicted molar refractivity (Wildman–Crippen MR) is 73.8 cm³/mol. The van der Waals surface area contributed by atoms with Crippen LogP contribution in [0.25, 0.3) is 0 Å². The van der Waals surface area contributed by atoms with E-state index in [-0.39, 0.29) is 17.1 Å².